The van der Waals surface area contributed by atoms with Crippen LogP contribution in [0.2, 0.25) is 0 Å². The molecule has 1 aliphatic heterocycles. The quantitative estimate of drug-likeness (QED) is 0.898. The van der Waals surface area contributed by atoms with E-state index in [0.29, 0.717) is 6.04 Å². The first-order valence-electron chi connectivity index (χ1n) is 6.20. The molecule has 2 heterocycles. The second-order valence-electron chi connectivity index (χ2n) is 4.57. The Morgan fingerprint density at radius 2 is 2.41 bits per heavy atom. The lowest BCUT2D eigenvalue weighted by molar-refractivity contribution is 0.0929. The van der Waals surface area contributed by atoms with Crippen LogP contribution in [0.5, 0.6) is 0 Å². The Hall–Kier alpha value is -0.650. The molecule has 0 radical (unpaired) electrons. The molecule has 5 heteroatoms. The van der Waals surface area contributed by atoms with Crippen LogP contribution in [0.25, 0.3) is 0 Å². The van der Waals surface area contributed by atoms with Crippen LogP contribution in [0.15, 0.2) is 0 Å². The van der Waals surface area contributed by atoms with E-state index < -0.39 is 0 Å². The first-order chi connectivity index (χ1) is 8.13. The fraction of sp³-hybridized carbons (Fsp3) is 0.750. The maximum atomic E-state index is 5.95. The number of hydrogen-bond donors (Lipinski definition) is 1. The van der Waals surface area contributed by atoms with E-state index in [0.717, 1.165) is 37.0 Å². The van der Waals surface area contributed by atoms with Gasteiger partial charge in [-0.25, -0.2) is 4.98 Å². The van der Waals surface area contributed by atoms with E-state index in [2.05, 4.69) is 16.8 Å². The van der Waals surface area contributed by atoms with Crippen molar-refractivity contribution in [2.45, 2.75) is 39.3 Å². The molecule has 1 aromatic heterocycles. The van der Waals surface area contributed by atoms with Gasteiger partial charge in [-0.1, -0.05) is 6.92 Å². The second-order valence-corrected chi connectivity index (χ2v) is 5.57. The topological polar surface area (TPSA) is 51.4 Å². The summed E-state index contributed by atoms with van der Waals surface area (Å²) in [5.41, 5.74) is 7.02. The maximum Gasteiger partial charge on any atom is 0.186 e. The molecule has 0 aliphatic carbocycles. The highest BCUT2D eigenvalue weighted by Gasteiger charge is 2.25. The van der Waals surface area contributed by atoms with Crippen molar-refractivity contribution >= 4 is 16.5 Å². The minimum atomic E-state index is 0.0716. The fourth-order valence-electron chi connectivity index (χ4n) is 2.18. The highest BCUT2D eigenvalue weighted by atomic mass is 32.1. The third-order valence-electron chi connectivity index (χ3n) is 3.18. The lowest BCUT2D eigenvalue weighted by Gasteiger charge is -2.34. The van der Waals surface area contributed by atoms with Gasteiger partial charge in [0.25, 0.3) is 0 Å². The van der Waals surface area contributed by atoms with Gasteiger partial charge in [-0.15, -0.1) is 11.3 Å². The summed E-state index contributed by atoms with van der Waals surface area (Å²) >= 11 is 1.73. The molecule has 0 bridgehead atoms. The normalized spacial score (nSPS) is 22.8. The number of nitrogens with two attached hydrogens (primary N) is 1. The highest BCUT2D eigenvalue weighted by Crippen LogP contribution is 2.31. The lowest BCUT2D eigenvalue weighted by atomic mass is 10.2. The first-order valence-corrected chi connectivity index (χ1v) is 7.02. The van der Waals surface area contributed by atoms with E-state index in [9.17, 15) is 0 Å². The van der Waals surface area contributed by atoms with Crippen molar-refractivity contribution in [3.05, 3.63) is 10.6 Å². The van der Waals surface area contributed by atoms with Gasteiger partial charge < -0.3 is 15.4 Å². The Bertz CT molecular complexity index is 378. The van der Waals surface area contributed by atoms with Crippen molar-refractivity contribution in [2.24, 2.45) is 5.73 Å². The second kappa shape index (κ2) is 5.33. The van der Waals surface area contributed by atoms with Gasteiger partial charge in [-0.2, -0.15) is 0 Å². The number of ether oxygens (including phenoxy) is 1. The van der Waals surface area contributed by atoms with Crippen LogP contribution in [0.3, 0.4) is 0 Å². The number of thiazole rings is 1. The third-order valence-corrected chi connectivity index (χ3v) is 4.57. The zero-order valence-electron chi connectivity index (χ0n) is 10.8. The first kappa shape index (κ1) is 12.8. The number of aryl methyl sites for hydroxylation is 1. The Labute approximate surface area is 107 Å². The molecule has 2 rings (SSSR count). The van der Waals surface area contributed by atoms with Crippen molar-refractivity contribution in [3.8, 4) is 0 Å². The van der Waals surface area contributed by atoms with Gasteiger partial charge in [-0.3, -0.25) is 0 Å². The minimum absolute atomic E-state index is 0.0716. The van der Waals surface area contributed by atoms with Crippen LogP contribution in [-0.2, 0) is 4.74 Å². The molecule has 4 nitrogen and oxygen atoms in total. The van der Waals surface area contributed by atoms with E-state index in [1.165, 1.54) is 4.88 Å². The monoisotopic (exact) mass is 255 g/mol. The number of hydrogen-bond acceptors (Lipinski definition) is 5. The number of morpholine rings is 1. The predicted octanol–water partition coefficient (Wildman–Crippen LogP) is 2.09. The molecule has 1 aromatic rings. The molecule has 1 fully saturated rings. The van der Waals surface area contributed by atoms with Gasteiger partial charge in [0.15, 0.2) is 5.13 Å². The molecule has 0 spiro atoms. The number of anilines is 1. The summed E-state index contributed by atoms with van der Waals surface area (Å²) in [4.78, 5) is 8.23. The minimum Gasteiger partial charge on any atom is -0.377 e. The molecule has 1 aliphatic rings. The van der Waals surface area contributed by atoms with E-state index >= 15 is 0 Å². The van der Waals surface area contributed by atoms with Crippen LogP contribution < -0.4 is 10.6 Å². The van der Waals surface area contributed by atoms with Crippen molar-refractivity contribution in [1.82, 2.24) is 4.98 Å². The Morgan fingerprint density at radius 1 is 1.65 bits per heavy atom. The summed E-state index contributed by atoms with van der Waals surface area (Å²) in [6, 6.07) is 0.526. The molecular weight excluding hydrogens is 234 g/mol. The van der Waals surface area contributed by atoms with Gasteiger partial charge in [-0.05, 0) is 20.3 Å². The summed E-state index contributed by atoms with van der Waals surface area (Å²) in [5.74, 6) is 0. The number of nitrogens with zero attached hydrogens (tertiary/aromatic N) is 2. The van der Waals surface area contributed by atoms with Crippen molar-refractivity contribution in [1.29, 1.82) is 0 Å². The van der Waals surface area contributed by atoms with Crippen molar-refractivity contribution in [3.63, 3.8) is 0 Å². The molecule has 0 aromatic carbocycles. The van der Waals surface area contributed by atoms with Crippen LogP contribution in [0.1, 0.15) is 36.9 Å². The van der Waals surface area contributed by atoms with Gasteiger partial charge in [0.05, 0.1) is 24.9 Å². The molecule has 17 heavy (non-hydrogen) atoms. The van der Waals surface area contributed by atoms with Crippen LogP contribution in [-0.4, -0.2) is 30.8 Å². The van der Waals surface area contributed by atoms with Crippen LogP contribution >= 0.6 is 11.3 Å². The third kappa shape index (κ3) is 2.61. The smallest absolute Gasteiger partial charge is 0.186 e. The zero-order chi connectivity index (χ0) is 12.4. The SMILES string of the molecule is CCC1COCCN1c1nc(C)c(C(C)N)s1. The van der Waals surface area contributed by atoms with Gasteiger partial charge in [0, 0.05) is 17.5 Å². The molecule has 0 amide bonds. The Balaban J connectivity index is 2.23. The standard InChI is InChI=1S/C12H21N3OS/c1-4-10-7-16-6-5-15(10)12-14-9(3)11(17-12)8(2)13/h8,10H,4-7,13H2,1-3H3. The van der Waals surface area contributed by atoms with E-state index in [4.69, 9.17) is 10.5 Å². The summed E-state index contributed by atoms with van der Waals surface area (Å²) < 4.78 is 5.52. The van der Waals surface area contributed by atoms with E-state index in [-0.39, 0.29) is 6.04 Å². The molecule has 2 atom stereocenters. The number of aromatic nitrogens is 1. The molecule has 2 N–H and O–H groups in total. The largest absolute Gasteiger partial charge is 0.377 e. The Kier molecular flexibility index (Phi) is 4.01. The predicted molar refractivity (Wildman–Crippen MR) is 71.7 cm³/mol. The maximum absolute atomic E-state index is 5.95. The fourth-order valence-corrected chi connectivity index (χ4v) is 3.30. The van der Waals surface area contributed by atoms with Gasteiger partial charge in [0.1, 0.15) is 0 Å². The molecule has 2 unspecified atom stereocenters. The molecule has 1 saturated heterocycles. The van der Waals surface area contributed by atoms with Gasteiger partial charge >= 0.3 is 0 Å². The van der Waals surface area contributed by atoms with Crippen molar-refractivity contribution < 1.29 is 4.74 Å². The molecule has 0 saturated carbocycles. The zero-order valence-corrected chi connectivity index (χ0v) is 11.6. The summed E-state index contributed by atoms with van der Waals surface area (Å²) in [6.07, 6.45) is 1.09. The van der Waals surface area contributed by atoms with E-state index in [1.807, 2.05) is 13.8 Å². The van der Waals surface area contributed by atoms with Crippen molar-refractivity contribution in [2.75, 3.05) is 24.7 Å². The Morgan fingerprint density at radius 3 is 3.00 bits per heavy atom. The molecule has 96 valence electrons. The summed E-state index contributed by atoms with van der Waals surface area (Å²) in [6.45, 7) is 8.79. The summed E-state index contributed by atoms with van der Waals surface area (Å²) in [5, 5.41) is 1.10. The average molecular weight is 255 g/mol. The lowest BCUT2D eigenvalue weighted by Crippen LogP contribution is -2.45. The van der Waals surface area contributed by atoms with Crippen LogP contribution in [0, 0.1) is 6.92 Å². The van der Waals surface area contributed by atoms with Crippen LogP contribution in [0.4, 0.5) is 5.13 Å². The van der Waals surface area contributed by atoms with E-state index in [1.54, 1.807) is 11.3 Å². The van der Waals surface area contributed by atoms with Gasteiger partial charge in [0.2, 0.25) is 0 Å². The summed E-state index contributed by atoms with van der Waals surface area (Å²) in [7, 11) is 0. The highest BCUT2D eigenvalue weighted by molar-refractivity contribution is 7.15. The molecular formula is C12H21N3OS. The number of rotatable bonds is 3. The average Bonchev–Trinajstić information content (AvgIpc) is 2.71.